The quantitative estimate of drug-likeness (QED) is 0.606. The molecule has 0 aliphatic carbocycles. The maximum absolute atomic E-state index is 11.8. The van der Waals surface area contributed by atoms with E-state index in [0.717, 1.165) is 56.5 Å². The Bertz CT molecular complexity index is 800. The fourth-order valence-electron chi connectivity index (χ4n) is 3.35. The molecule has 1 aliphatic rings. The summed E-state index contributed by atoms with van der Waals surface area (Å²) in [4.78, 5) is 25.2. The van der Waals surface area contributed by atoms with E-state index in [-0.39, 0.29) is 5.91 Å². The number of pyridine rings is 1. The van der Waals surface area contributed by atoms with Crippen LogP contribution in [-0.4, -0.2) is 68.6 Å². The van der Waals surface area contributed by atoms with Gasteiger partial charge in [0.15, 0.2) is 5.96 Å². The average molecular weight is 380 g/mol. The van der Waals surface area contributed by atoms with Gasteiger partial charge in [0.1, 0.15) is 5.82 Å². The third-order valence-electron chi connectivity index (χ3n) is 4.88. The topological polar surface area (TPSA) is 72.9 Å². The van der Waals surface area contributed by atoms with Crippen LogP contribution >= 0.6 is 0 Å². The fourth-order valence-corrected chi connectivity index (χ4v) is 3.35. The lowest BCUT2D eigenvalue weighted by atomic mass is 10.1. The van der Waals surface area contributed by atoms with Crippen molar-refractivity contribution >= 4 is 17.7 Å². The van der Waals surface area contributed by atoms with E-state index in [1.165, 1.54) is 0 Å². The summed E-state index contributed by atoms with van der Waals surface area (Å²) in [6, 6.07) is 13.7. The molecule has 1 aromatic heterocycles. The molecule has 0 unspecified atom stereocenters. The van der Waals surface area contributed by atoms with E-state index in [4.69, 9.17) is 0 Å². The highest BCUT2D eigenvalue weighted by atomic mass is 16.1. The van der Waals surface area contributed by atoms with E-state index in [9.17, 15) is 4.79 Å². The minimum Gasteiger partial charge on any atom is -0.356 e. The molecule has 28 heavy (non-hydrogen) atoms. The molecule has 0 atom stereocenters. The van der Waals surface area contributed by atoms with Gasteiger partial charge < -0.3 is 20.4 Å². The molecule has 0 bridgehead atoms. The van der Waals surface area contributed by atoms with E-state index in [2.05, 4.69) is 36.5 Å². The van der Waals surface area contributed by atoms with Crippen molar-refractivity contribution in [3.05, 3.63) is 59.8 Å². The zero-order valence-electron chi connectivity index (χ0n) is 16.6. The minimum absolute atomic E-state index is 0.0589. The Morgan fingerprint density at radius 1 is 1.14 bits per heavy atom. The molecule has 148 valence electrons. The summed E-state index contributed by atoms with van der Waals surface area (Å²) in [6.45, 7) is 4.42. The molecule has 2 N–H and O–H groups in total. The molecule has 1 aliphatic heterocycles. The molecule has 0 spiro atoms. The number of carbonyl (C=O) groups is 1. The number of guanidine groups is 1. The Balaban J connectivity index is 1.48. The van der Waals surface area contributed by atoms with Crippen molar-refractivity contribution in [3.8, 4) is 0 Å². The molecule has 7 heteroatoms. The van der Waals surface area contributed by atoms with Crippen LogP contribution < -0.4 is 15.5 Å². The van der Waals surface area contributed by atoms with Crippen molar-refractivity contribution in [1.82, 2.24) is 20.5 Å². The van der Waals surface area contributed by atoms with Gasteiger partial charge in [-0.1, -0.05) is 18.2 Å². The highest BCUT2D eigenvalue weighted by Crippen LogP contribution is 2.12. The second kappa shape index (κ2) is 9.73. The van der Waals surface area contributed by atoms with Gasteiger partial charge in [0.2, 0.25) is 0 Å². The van der Waals surface area contributed by atoms with Crippen LogP contribution in [0.3, 0.4) is 0 Å². The van der Waals surface area contributed by atoms with Crippen molar-refractivity contribution in [2.24, 2.45) is 4.99 Å². The molecule has 1 aromatic carbocycles. The van der Waals surface area contributed by atoms with Crippen LogP contribution in [0.1, 0.15) is 15.9 Å². The van der Waals surface area contributed by atoms with E-state index < -0.39 is 0 Å². The Morgan fingerprint density at radius 2 is 1.96 bits per heavy atom. The summed E-state index contributed by atoms with van der Waals surface area (Å²) in [7, 11) is 3.47. The molecule has 7 nitrogen and oxygen atoms in total. The number of aliphatic imine (C=N–C) groups is 1. The van der Waals surface area contributed by atoms with E-state index in [1.807, 2.05) is 49.6 Å². The monoisotopic (exact) mass is 380 g/mol. The van der Waals surface area contributed by atoms with Crippen molar-refractivity contribution in [1.29, 1.82) is 0 Å². The second-order valence-corrected chi connectivity index (χ2v) is 6.67. The number of anilines is 1. The number of hydrogen-bond acceptors (Lipinski definition) is 4. The predicted octanol–water partition coefficient (Wildman–Crippen LogP) is 1.38. The van der Waals surface area contributed by atoms with E-state index in [0.29, 0.717) is 5.56 Å². The first kappa shape index (κ1) is 19.7. The van der Waals surface area contributed by atoms with Gasteiger partial charge in [0.05, 0.1) is 0 Å². The number of hydrogen-bond donors (Lipinski definition) is 2. The average Bonchev–Trinajstić information content (AvgIpc) is 2.77. The van der Waals surface area contributed by atoms with Gasteiger partial charge in [-0.3, -0.25) is 9.79 Å². The number of rotatable bonds is 5. The highest BCUT2D eigenvalue weighted by molar-refractivity contribution is 5.94. The van der Waals surface area contributed by atoms with Crippen LogP contribution in [0.4, 0.5) is 5.82 Å². The molecule has 2 heterocycles. The first-order valence-corrected chi connectivity index (χ1v) is 9.64. The largest absolute Gasteiger partial charge is 0.356 e. The number of carbonyl (C=O) groups excluding carboxylic acids is 1. The maximum Gasteiger partial charge on any atom is 0.251 e. The Hall–Kier alpha value is -3.09. The third kappa shape index (κ3) is 5.00. The second-order valence-electron chi connectivity index (χ2n) is 6.67. The molecule has 1 amide bonds. The Kier molecular flexibility index (Phi) is 6.84. The molecule has 0 radical (unpaired) electrons. The van der Waals surface area contributed by atoms with Gasteiger partial charge in [-0.05, 0) is 36.2 Å². The van der Waals surface area contributed by atoms with Gasteiger partial charge in [-0.15, -0.1) is 0 Å². The van der Waals surface area contributed by atoms with Gasteiger partial charge in [0.25, 0.3) is 5.91 Å². The molecule has 3 rings (SSSR count). The van der Waals surface area contributed by atoms with Crippen molar-refractivity contribution in [2.75, 3.05) is 51.7 Å². The molecular formula is C21H28N6O. The fraction of sp³-hybridized carbons (Fsp3) is 0.381. The first-order chi connectivity index (χ1) is 13.7. The number of aromatic nitrogens is 1. The Labute approximate surface area is 166 Å². The van der Waals surface area contributed by atoms with Gasteiger partial charge >= 0.3 is 0 Å². The van der Waals surface area contributed by atoms with Crippen LogP contribution in [0.5, 0.6) is 0 Å². The standard InChI is InChI=1S/C21H28N6O/c1-22-20(28)18-7-5-6-17(16-18)9-11-25-21(23-2)27-14-12-26(13-15-27)19-8-3-4-10-24-19/h3-8,10,16H,9,11-15H2,1-2H3,(H,22,28)(H,23,25). The number of piperazine rings is 1. The SMILES string of the molecule is CN=C(NCCc1cccc(C(=O)NC)c1)N1CCN(c2ccccn2)CC1. The van der Waals surface area contributed by atoms with Crippen LogP contribution in [0.25, 0.3) is 0 Å². The van der Waals surface area contributed by atoms with Crippen LogP contribution in [0.2, 0.25) is 0 Å². The summed E-state index contributed by atoms with van der Waals surface area (Å²) in [5.41, 5.74) is 1.82. The smallest absolute Gasteiger partial charge is 0.251 e. The number of nitrogens with one attached hydrogen (secondary N) is 2. The highest BCUT2D eigenvalue weighted by Gasteiger charge is 2.20. The number of amides is 1. The van der Waals surface area contributed by atoms with Crippen molar-refractivity contribution in [2.45, 2.75) is 6.42 Å². The van der Waals surface area contributed by atoms with Crippen LogP contribution in [-0.2, 0) is 6.42 Å². The summed E-state index contributed by atoms with van der Waals surface area (Å²) in [5.74, 6) is 1.89. The van der Waals surface area contributed by atoms with Crippen molar-refractivity contribution in [3.63, 3.8) is 0 Å². The van der Waals surface area contributed by atoms with Gasteiger partial charge in [-0.2, -0.15) is 0 Å². The number of nitrogens with zero attached hydrogens (tertiary/aromatic N) is 4. The van der Waals surface area contributed by atoms with Gasteiger partial charge in [0, 0.05) is 58.6 Å². The summed E-state index contributed by atoms with van der Waals surface area (Å²) in [6.07, 6.45) is 2.67. The summed E-state index contributed by atoms with van der Waals surface area (Å²) in [5, 5.41) is 6.11. The normalized spacial score (nSPS) is 14.7. The third-order valence-corrected chi connectivity index (χ3v) is 4.88. The van der Waals surface area contributed by atoms with Crippen LogP contribution in [0.15, 0.2) is 53.7 Å². The van der Waals surface area contributed by atoms with Crippen LogP contribution in [0, 0.1) is 0 Å². The lowest BCUT2D eigenvalue weighted by molar-refractivity contribution is 0.0963. The summed E-state index contributed by atoms with van der Waals surface area (Å²) < 4.78 is 0. The van der Waals surface area contributed by atoms with E-state index >= 15 is 0 Å². The molecule has 1 fully saturated rings. The predicted molar refractivity (Wildman–Crippen MR) is 113 cm³/mol. The minimum atomic E-state index is -0.0589. The lowest BCUT2D eigenvalue weighted by Crippen LogP contribution is -2.53. The first-order valence-electron chi connectivity index (χ1n) is 9.64. The molecule has 2 aromatic rings. The maximum atomic E-state index is 11.8. The van der Waals surface area contributed by atoms with Crippen molar-refractivity contribution < 1.29 is 4.79 Å². The summed E-state index contributed by atoms with van der Waals surface area (Å²) >= 11 is 0. The molecule has 0 saturated carbocycles. The Morgan fingerprint density at radius 3 is 2.64 bits per heavy atom. The lowest BCUT2D eigenvalue weighted by Gasteiger charge is -2.37. The van der Waals surface area contributed by atoms with E-state index in [1.54, 1.807) is 7.05 Å². The zero-order chi connectivity index (χ0) is 19.8. The molecule has 1 saturated heterocycles. The molecular weight excluding hydrogens is 352 g/mol. The van der Waals surface area contributed by atoms with Gasteiger partial charge in [-0.25, -0.2) is 4.98 Å². The number of benzene rings is 1. The zero-order valence-corrected chi connectivity index (χ0v) is 16.6.